The van der Waals surface area contributed by atoms with E-state index in [0.717, 1.165) is 21.8 Å². The molecular formula is C20H20N4O2S. The summed E-state index contributed by atoms with van der Waals surface area (Å²) >= 11 is 1.57. The molecule has 1 fully saturated rings. The summed E-state index contributed by atoms with van der Waals surface area (Å²) in [6.45, 7) is 2.38. The quantitative estimate of drug-likeness (QED) is 0.714. The van der Waals surface area contributed by atoms with E-state index in [9.17, 15) is 9.59 Å². The van der Waals surface area contributed by atoms with Gasteiger partial charge < -0.3 is 10.2 Å². The Morgan fingerprint density at radius 1 is 1.30 bits per heavy atom. The van der Waals surface area contributed by atoms with Crippen LogP contribution in [0, 0.1) is 12.8 Å². The molecule has 2 N–H and O–H groups in total. The van der Waals surface area contributed by atoms with Crippen molar-refractivity contribution in [1.82, 2.24) is 15.5 Å². The number of hydrogen-bond acceptors (Lipinski definition) is 4. The van der Waals surface area contributed by atoms with E-state index in [1.54, 1.807) is 22.4 Å². The summed E-state index contributed by atoms with van der Waals surface area (Å²) < 4.78 is 0. The van der Waals surface area contributed by atoms with Gasteiger partial charge in [-0.15, -0.1) is 11.3 Å². The third kappa shape index (κ3) is 3.50. The first kappa shape index (κ1) is 17.5. The van der Waals surface area contributed by atoms with Crippen molar-refractivity contribution in [2.75, 3.05) is 4.90 Å². The van der Waals surface area contributed by atoms with Gasteiger partial charge in [-0.25, -0.2) is 0 Å². The van der Waals surface area contributed by atoms with Crippen LogP contribution in [0.5, 0.6) is 0 Å². The molecule has 2 atom stereocenters. The molecule has 3 aromatic rings. The zero-order valence-electron chi connectivity index (χ0n) is 14.9. The van der Waals surface area contributed by atoms with Crippen molar-refractivity contribution in [1.29, 1.82) is 0 Å². The molecule has 138 valence electrons. The van der Waals surface area contributed by atoms with Gasteiger partial charge in [-0.3, -0.25) is 14.7 Å². The molecule has 1 aromatic carbocycles. The van der Waals surface area contributed by atoms with E-state index < -0.39 is 5.92 Å². The summed E-state index contributed by atoms with van der Waals surface area (Å²) in [5.41, 5.74) is 2.79. The summed E-state index contributed by atoms with van der Waals surface area (Å²) in [5, 5.41) is 11.6. The van der Waals surface area contributed by atoms with Crippen molar-refractivity contribution in [2.45, 2.75) is 25.9 Å². The van der Waals surface area contributed by atoms with Gasteiger partial charge in [0.15, 0.2) is 0 Å². The maximum absolute atomic E-state index is 12.9. The molecule has 27 heavy (non-hydrogen) atoms. The Morgan fingerprint density at radius 2 is 2.11 bits per heavy atom. The molecule has 0 bridgehead atoms. The molecule has 2 aromatic heterocycles. The van der Waals surface area contributed by atoms with Crippen LogP contribution in [0.3, 0.4) is 0 Å². The number of carbonyl (C=O) groups excluding carboxylic acids is 2. The Balaban J connectivity index is 1.62. The minimum Gasteiger partial charge on any atom is -0.350 e. The lowest BCUT2D eigenvalue weighted by atomic mass is 9.97. The second-order valence-corrected chi connectivity index (χ2v) is 7.65. The summed E-state index contributed by atoms with van der Waals surface area (Å²) in [7, 11) is 0. The average molecular weight is 380 g/mol. The molecule has 0 spiro atoms. The molecule has 2 unspecified atom stereocenters. The van der Waals surface area contributed by atoms with Crippen molar-refractivity contribution in [3.8, 4) is 0 Å². The van der Waals surface area contributed by atoms with E-state index in [0.29, 0.717) is 6.54 Å². The fourth-order valence-corrected chi connectivity index (χ4v) is 4.34. The molecule has 2 amide bonds. The van der Waals surface area contributed by atoms with E-state index >= 15 is 0 Å². The first-order chi connectivity index (χ1) is 13.1. The van der Waals surface area contributed by atoms with Gasteiger partial charge in [0, 0.05) is 23.2 Å². The van der Waals surface area contributed by atoms with Crippen molar-refractivity contribution in [2.24, 2.45) is 5.92 Å². The summed E-state index contributed by atoms with van der Waals surface area (Å²) in [4.78, 5) is 28.5. The van der Waals surface area contributed by atoms with Crippen LogP contribution < -0.4 is 10.2 Å². The predicted molar refractivity (Wildman–Crippen MR) is 104 cm³/mol. The number of rotatable bonds is 5. The fraction of sp³-hybridized carbons (Fsp3) is 0.250. The van der Waals surface area contributed by atoms with Gasteiger partial charge >= 0.3 is 0 Å². The minimum absolute atomic E-state index is 0.0288. The minimum atomic E-state index is -0.430. The Morgan fingerprint density at radius 3 is 2.78 bits per heavy atom. The molecular weight excluding hydrogens is 360 g/mol. The number of amides is 2. The van der Waals surface area contributed by atoms with Crippen LogP contribution in [0.2, 0.25) is 0 Å². The maximum atomic E-state index is 12.9. The van der Waals surface area contributed by atoms with Crippen molar-refractivity contribution in [3.63, 3.8) is 0 Å². The molecule has 7 heteroatoms. The Labute approximate surface area is 161 Å². The van der Waals surface area contributed by atoms with Crippen LogP contribution in [0.4, 0.5) is 5.69 Å². The number of anilines is 1. The molecule has 6 nitrogen and oxygen atoms in total. The zero-order chi connectivity index (χ0) is 18.8. The fourth-order valence-electron chi connectivity index (χ4n) is 3.46. The number of carbonyl (C=O) groups is 2. The van der Waals surface area contributed by atoms with Gasteiger partial charge in [0.25, 0.3) is 0 Å². The number of nitrogens with one attached hydrogen (secondary N) is 2. The third-order valence-corrected chi connectivity index (χ3v) is 5.76. The number of hydrogen-bond donors (Lipinski definition) is 2. The SMILES string of the molecule is Cc1ccc(N2C(=O)CC(C(=O)NCc3ccn[nH]3)C2c2cccs2)cc1. The first-order valence-electron chi connectivity index (χ1n) is 8.81. The van der Waals surface area contributed by atoms with E-state index in [1.807, 2.05) is 54.8 Å². The summed E-state index contributed by atoms with van der Waals surface area (Å²) in [5.74, 6) is -0.578. The third-order valence-electron chi connectivity index (χ3n) is 4.82. The van der Waals surface area contributed by atoms with Gasteiger partial charge in [-0.1, -0.05) is 23.8 Å². The molecule has 1 aliphatic rings. The predicted octanol–water partition coefficient (Wildman–Crippen LogP) is 3.19. The van der Waals surface area contributed by atoms with Crippen molar-refractivity contribution < 1.29 is 9.59 Å². The average Bonchev–Trinajstić information content (AvgIpc) is 3.41. The molecule has 3 heterocycles. The normalized spacial score (nSPS) is 19.4. The van der Waals surface area contributed by atoms with Crippen LogP contribution in [0.25, 0.3) is 0 Å². The van der Waals surface area contributed by atoms with Gasteiger partial charge in [-0.05, 0) is 36.6 Å². The highest BCUT2D eigenvalue weighted by molar-refractivity contribution is 7.10. The van der Waals surface area contributed by atoms with E-state index in [2.05, 4.69) is 15.5 Å². The Kier molecular flexibility index (Phi) is 4.77. The lowest BCUT2D eigenvalue weighted by Crippen LogP contribution is -2.35. The van der Waals surface area contributed by atoms with Crippen LogP contribution in [-0.2, 0) is 16.1 Å². The molecule has 1 aliphatic heterocycles. The standard InChI is InChI=1S/C20H20N4O2S/c1-13-4-6-15(7-5-13)24-18(25)11-16(19(24)17-3-2-10-27-17)20(26)21-12-14-8-9-22-23-14/h2-10,16,19H,11-12H2,1H3,(H,21,26)(H,22,23). The first-order valence-corrected chi connectivity index (χ1v) is 9.69. The highest BCUT2D eigenvalue weighted by Crippen LogP contribution is 2.43. The topological polar surface area (TPSA) is 78.1 Å². The summed E-state index contributed by atoms with van der Waals surface area (Å²) in [6.07, 6.45) is 1.85. The van der Waals surface area contributed by atoms with Gasteiger partial charge in [0.2, 0.25) is 11.8 Å². The van der Waals surface area contributed by atoms with Crippen LogP contribution in [0.1, 0.15) is 28.6 Å². The van der Waals surface area contributed by atoms with Crippen molar-refractivity contribution in [3.05, 3.63) is 70.2 Å². The lowest BCUT2D eigenvalue weighted by molar-refractivity contribution is -0.127. The second kappa shape index (κ2) is 7.36. The molecule has 1 saturated heterocycles. The monoisotopic (exact) mass is 380 g/mol. The number of nitrogens with zero attached hydrogens (tertiary/aromatic N) is 2. The largest absolute Gasteiger partial charge is 0.350 e. The number of thiophene rings is 1. The van der Waals surface area contributed by atoms with Gasteiger partial charge in [0.05, 0.1) is 24.2 Å². The Hall–Kier alpha value is -2.93. The second-order valence-electron chi connectivity index (χ2n) is 6.67. The number of aromatic nitrogens is 2. The highest BCUT2D eigenvalue weighted by Gasteiger charge is 2.45. The van der Waals surface area contributed by atoms with Gasteiger partial charge in [-0.2, -0.15) is 5.10 Å². The molecule has 4 rings (SSSR count). The Bertz CT molecular complexity index is 920. The number of aryl methyl sites for hydroxylation is 1. The van der Waals surface area contributed by atoms with Crippen molar-refractivity contribution >= 4 is 28.8 Å². The number of H-pyrrole nitrogens is 1. The highest BCUT2D eigenvalue weighted by atomic mass is 32.1. The number of aromatic amines is 1. The molecule has 0 aliphatic carbocycles. The maximum Gasteiger partial charge on any atom is 0.228 e. The van der Waals surface area contributed by atoms with Crippen LogP contribution >= 0.6 is 11.3 Å². The lowest BCUT2D eigenvalue weighted by Gasteiger charge is -2.27. The zero-order valence-corrected chi connectivity index (χ0v) is 15.7. The van der Waals surface area contributed by atoms with E-state index in [4.69, 9.17) is 0 Å². The van der Waals surface area contributed by atoms with E-state index in [-0.39, 0.29) is 24.3 Å². The van der Waals surface area contributed by atoms with Crippen LogP contribution in [-0.4, -0.2) is 22.0 Å². The summed E-state index contributed by atoms with van der Waals surface area (Å²) in [6, 6.07) is 13.3. The molecule has 0 radical (unpaired) electrons. The number of benzene rings is 1. The van der Waals surface area contributed by atoms with E-state index in [1.165, 1.54) is 0 Å². The molecule has 0 saturated carbocycles. The smallest absolute Gasteiger partial charge is 0.228 e. The van der Waals surface area contributed by atoms with Crippen LogP contribution in [0.15, 0.2) is 54.0 Å². The van der Waals surface area contributed by atoms with Gasteiger partial charge in [0.1, 0.15) is 0 Å².